The number of hydrogen-bond acceptors (Lipinski definition) is 3. The largest absolute Gasteiger partial charge is 0.396 e. The van der Waals surface area contributed by atoms with Crippen LogP contribution < -0.4 is 10.6 Å². The van der Waals surface area contributed by atoms with Crippen LogP contribution in [0.4, 0.5) is 4.79 Å². The van der Waals surface area contributed by atoms with E-state index in [9.17, 15) is 4.79 Å². The van der Waals surface area contributed by atoms with Crippen LogP contribution in [0.3, 0.4) is 0 Å². The summed E-state index contributed by atoms with van der Waals surface area (Å²) in [6.07, 6.45) is 4.63. The number of urea groups is 1. The summed E-state index contributed by atoms with van der Waals surface area (Å²) in [5.74, 6) is 1.23. The summed E-state index contributed by atoms with van der Waals surface area (Å²) in [7, 11) is 0. The Bertz CT molecular complexity index is 274. The van der Waals surface area contributed by atoms with Gasteiger partial charge in [-0.15, -0.1) is 0 Å². The van der Waals surface area contributed by atoms with Crippen LogP contribution in [-0.4, -0.2) is 40.8 Å². The molecule has 0 saturated heterocycles. The molecule has 1 rings (SSSR count). The summed E-state index contributed by atoms with van der Waals surface area (Å²) in [5, 5.41) is 15.7. The molecule has 0 aromatic carbocycles. The minimum absolute atomic E-state index is 0.00518. The molecule has 0 aromatic heterocycles. The van der Waals surface area contributed by atoms with Gasteiger partial charge in [0.15, 0.2) is 0 Å². The van der Waals surface area contributed by atoms with Crippen LogP contribution in [0.25, 0.3) is 0 Å². The van der Waals surface area contributed by atoms with E-state index in [4.69, 9.17) is 5.11 Å². The molecule has 0 radical (unpaired) electrons. The van der Waals surface area contributed by atoms with Crippen molar-refractivity contribution in [1.29, 1.82) is 0 Å². The molecule has 1 aliphatic rings. The Morgan fingerprint density at radius 2 is 2.16 bits per heavy atom. The Hall–Kier alpha value is -0.420. The topological polar surface area (TPSA) is 61.4 Å². The average Bonchev–Trinajstić information content (AvgIpc) is 2.38. The Labute approximate surface area is 121 Å². The first-order valence-corrected chi connectivity index (χ1v) is 8.41. The maximum absolute atomic E-state index is 11.9. The molecule has 1 saturated carbocycles. The number of aliphatic hydroxyl groups excluding tert-OH is 1. The van der Waals surface area contributed by atoms with Crippen molar-refractivity contribution in [3.8, 4) is 0 Å². The van der Waals surface area contributed by atoms with E-state index >= 15 is 0 Å². The van der Waals surface area contributed by atoms with E-state index in [1.165, 1.54) is 12.8 Å². The predicted molar refractivity (Wildman–Crippen MR) is 81.6 cm³/mol. The lowest BCUT2D eigenvalue weighted by Crippen LogP contribution is -2.49. The highest BCUT2D eigenvalue weighted by Crippen LogP contribution is 2.28. The smallest absolute Gasteiger partial charge is 0.315 e. The van der Waals surface area contributed by atoms with Gasteiger partial charge in [0, 0.05) is 23.9 Å². The van der Waals surface area contributed by atoms with Gasteiger partial charge in [0.2, 0.25) is 0 Å². The van der Waals surface area contributed by atoms with Crippen molar-refractivity contribution in [2.45, 2.75) is 63.8 Å². The summed E-state index contributed by atoms with van der Waals surface area (Å²) in [6, 6.07) is 0.198. The Morgan fingerprint density at radius 1 is 1.42 bits per heavy atom. The lowest BCUT2D eigenvalue weighted by Gasteiger charge is -2.30. The molecule has 19 heavy (non-hydrogen) atoms. The fourth-order valence-corrected chi connectivity index (χ4v) is 3.57. The lowest BCUT2D eigenvalue weighted by atomic mass is 9.95. The number of carbonyl (C=O) groups is 1. The van der Waals surface area contributed by atoms with Gasteiger partial charge in [-0.05, 0) is 37.9 Å². The molecule has 5 heteroatoms. The molecule has 112 valence electrons. The summed E-state index contributed by atoms with van der Waals surface area (Å²) in [6.45, 7) is 6.14. The molecule has 4 nitrogen and oxygen atoms in total. The standard InChI is InChI=1S/C14H28N2O2S/c1-4-19-13-7-5-6-12(8-13)16-14(18)15-11(3)10(2)9-17/h10-13,17H,4-9H2,1-3H3,(H2,15,16,18)/t10-,11-,12+,13-/m1/s1. The molecule has 0 bridgehead atoms. The zero-order valence-corrected chi connectivity index (χ0v) is 13.1. The first-order valence-electron chi connectivity index (χ1n) is 7.36. The summed E-state index contributed by atoms with van der Waals surface area (Å²) in [4.78, 5) is 11.9. The normalized spacial score (nSPS) is 26.5. The first-order chi connectivity index (χ1) is 9.06. The van der Waals surface area contributed by atoms with Crippen molar-refractivity contribution in [3.05, 3.63) is 0 Å². The Balaban J connectivity index is 2.31. The molecule has 0 heterocycles. The van der Waals surface area contributed by atoms with Crippen LogP contribution in [0.1, 0.15) is 46.5 Å². The second-order valence-corrected chi connectivity index (χ2v) is 7.08. The average molecular weight is 288 g/mol. The highest BCUT2D eigenvalue weighted by molar-refractivity contribution is 7.99. The molecule has 4 atom stereocenters. The van der Waals surface area contributed by atoms with Gasteiger partial charge in [-0.3, -0.25) is 0 Å². The van der Waals surface area contributed by atoms with Gasteiger partial charge in [-0.2, -0.15) is 11.8 Å². The van der Waals surface area contributed by atoms with Crippen molar-refractivity contribution >= 4 is 17.8 Å². The zero-order chi connectivity index (χ0) is 14.3. The number of hydrogen-bond donors (Lipinski definition) is 3. The van der Waals surface area contributed by atoms with Gasteiger partial charge in [-0.1, -0.05) is 20.3 Å². The third-order valence-corrected chi connectivity index (χ3v) is 5.10. The van der Waals surface area contributed by atoms with E-state index in [1.807, 2.05) is 25.6 Å². The molecule has 3 N–H and O–H groups in total. The lowest BCUT2D eigenvalue weighted by molar-refractivity contribution is 0.197. The number of carbonyl (C=O) groups excluding carboxylic acids is 1. The van der Waals surface area contributed by atoms with E-state index < -0.39 is 0 Å². The fraction of sp³-hybridized carbons (Fsp3) is 0.929. The molecular formula is C14H28N2O2S. The van der Waals surface area contributed by atoms with Gasteiger partial charge >= 0.3 is 6.03 Å². The van der Waals surface area contributed by atoms with Crippen molar-refractivity contribution < 1.29 is 9.90 Å². The van der Waals surface area contributed by atoms with Gasteiger partial charge in [0.25, 0.3) is 0 Å². The Morgan fingerprint density at radius 3 is 2.79 bits per heavy atom. The molecule has 0 unspecified atom stereocenters. The number of thioether (sulfide) groups is 1. The van der Waals surface area contributed by atoms with Crippen molar-refractivity contribution in [1.82, 2.24) is 10.6 Å². The molecule has 0 aromatic rings. The highest BCUT2D eigenvalue weighted by Gasteiger charge is 2.23. The van der Waals surface area contributed by atoms with E-state index in [-0.39, 0.29) is 24.6 Å². The molecule has 2 amide bonds. The summed E-state index contributed by atoms with van der Waals surface area (Å²) >= 11 is 2.00. The van der Waals surface area contributed by atoms with Gasteiger partial charge < -0.3 is 15.7 Å². The SMILES string of the molecule is CCS[C@@H]1CCC[C@H](NC(=O)N[C@H](C)[C@H](C)CO)C1. The molecule has 1 fully saturated rings. The molecule has 0 spiro atoms. The van der Waals surface area contributed by atoms with Crippen molar-refractivity contribution in [2.75, 3.05) is 12.4 Å². The van der Waals surface area contributed by atoms with Crippen LogP contribution in [0.2, 0.25) is 0 Å². The van der Waals surface area contributed by atoms with E-state index in [1.54, 1.807) is 0 Å². The van der Waals surface area contributed by atoms with E-state index in [0.29, 0.717) is 11.3 Å². The maximum Gasteiger partial charge on any atom is 0.315 e. The first kappa shape index (κ1) is 16.6. The molecule has 0 aliphatic heterocycles. The molecule has 1 aliphatic carbocycles. The van der Waals surface area contributed by atoms with E-state index in [0.717, 1.165) is 18.6 Å². The predicted octanol–water partition coefficient (Wildman–Crippen LogP) is 2.37. The van der Waals surface area contributed by atoms with Crippen molar-refractivity contribution in [3.63, 3.8) is 0 Å². The second kappa shape index (κ2) is 8.69. The number of rotatable bonds is 6. The summed E-state index contributed by atoms with van der Waals surface area (Å²) in [5.41, 5.74) is 0. The van der Waals surface area contributed by atoms with Crippen LogP contribution in [0, 0.1) is 5.92 Å². The third-order valence-electron chi connectivity index (χ3n) is 3.86. The Kier molecular flexibility index (Phi) is 7.61. The minimum atomic E-state index is -0.0973. The summed E-state index contributed by atoms with van der Waals surface area (Å²) < 4.78 is 0. The quantitative estimate of drug-likeness (QED) is 0.703. The van der Waals surface area contributed by atoms with Crippen LogP contribution in [0.15, 0.2) is 0 Å². The van der Waals surface area contributed by atoms with Gasteiger partial charge in [0.1, 0.15) is 0 Å². The zero-order valence-electron chi connectivity index (χ0n) is 12.3. The minimum Gasteiger partial charge on any atom is -0.396 e. The van der Waals surface area contributed by atoms with Crippen LogP contribution in [-0.2, 0) is 0 Å². The van der Waals surface area contributed by atoms with Crippen molar-refractivity contribution in [2.24, 2.45) is 5.92 Å². The monoisotopic (exact) mass is 288 g/mol. The second-order valence-electron chi connectivity index (χ2n) is 5.51. The van der Waals surface area contributed by atoms with Crippen LogP contribution >= 0.6 is 11.8 Å². The highest BCUT2D eigenvalue weighted by atomic mass is 32.2. The third kappa shape index (κ3) is 6.04. The van der Waals surface area contributed by atoms with Gasteiger partial charge in [-0.25, -0.2) is 4.79 Å². The molecular weight excluding hydrogens is 260 g/mol. The fourth-order valence-electron chi connectivity index (χ4n) is 2.40. The van der Waals surface area contributed by atoms with Crippen LogP contribution in [0.5, 0.6) is 0 Å². The number of amides is 2. The maximum atomic E-state index is 11.9. The number of nitrogens with one attached hydrogen (secondary N) is 2. The number of aliphatic hydroxyl groups is 1. The van der Waals surface area contributed by atoms with E-state index in [2.05, 4.69) is 17.6 Å². The van der Waals surface area contributed by atoms with Gasteiger partial charge in [0.05, 0.1) is 0 Å².